The van der Waals surface area contributed by atoms with Gasteiger partial charge in [-0.15, -0.1) is 0 Å². The van der Waals surface area contributed by atoms with Crippen LogP contribution in [0.3, 0.4) is 0 Å². The third-order valence-electron chi connectivity index (χ3n) is 4.60. The number of anilines is 1. The Morgan fingerprint density at radius 3 is 2.67 bits per heavy atom. The topological polar surface area (TPSA) is 41.4 Å². The Morgan fingerprint density at radius 1 is 1.17 bits per heavy atom. The van der Waals surface area contributed by atoms with Crippen molar-refractivity contribution in [3.05, 3.63) is 47.3 Å². The number of carbonyl (C=O) groups is 1. The van der Waals surface area contributed by atoms with E-state index in [9.17, 15) is 4.79 Å². The molecule has 0 unspecified atom stereocenters. The van der Waals surface area contributed by atoms with E-state index in [4.69, 9.17) is 0 Å². The summed E-state index contributed by atoms with van der Waals surface area (Å²) in [5, 5.41) is 4.55. The maximum atomic E-state index is 12.6. The first-order valence-corrected chi connectivity index (χ1v) is 8.69. The number of hydrogen-bond acceptors (Lipinski definition) is 3. The summed E-state index contributed by atoms with van der Waals surface area (Å²) in [5.74, 6) is 0.175. The summed E-state index contributed by atoms with van der Waals surface area (Å²) in [6.45, 7) is 10.1. The lowest BCUT2D eigenvalue weighted by Crippen LogP contribution is -2.50. The highest BCUT2D eigenvalue weighted by atomic mass is 16.2. The van der Waals surface area contributed by atoms with Crippen LogP contribution in [0.1, 0.15) is 30.2 Å². The molecular weight excluding hydrogens is 300 g/mol. The fourth-order valence-corrected chi connectivity index (χ4v) is 3.28. The number of aromatic nitrogens is 2. The van der Waals surface area contributed by atoms with Crippen LogP contribution in [0.5, 0.6) is 0 Å². The van der Waals surface area contributed by atoms with Crippen molar-refractivity contribution >= 4 is 11.6 Å². The van der Waals surface area contributed by atoms with Crippen molar-refractivity contribution in [1.82, 2.24) is 14.7 Å². The number of hydrogen-bond donors (Lipinski definition) is 0. The Labute approximate surface area is 143 Å². The van der Waals surface area contributed by atoms with Crippen molar-refractivity contribution in [3.8, 4) is 0 Å². The fourth-order valence-electron chi connectivity index (χ4n) is 3.28. The van der Waals surface area contributed by atoms with Crippen molar-refractivity contribution in [2.24, 2.45) is 0 Å². The minimum absolute atomic E-state index is 0.175. The van der Waals surface area contributed by atoms with E-state index in [0.717, 1.165) is 49.5 Å². The Kier molecular flexibility index (Phi) is 5.00. The molecule has 3 rings (SSSR count). The van der Waals surface area contributed by atoms with Gasteiger partial charge in [-0.05, 0) is 31.9 Å². The van der Waals surface area contributed by atoms with E-state index in [0.29, 0.717) is 6.54 Å². The molecule has 1 saturated heterocycles. The van der Waals surface area contributed by atoms with Crippen molar-refractivity contribution in [1.29, 1.82) is 0 Å². The number of para-hydroxylation sites is 1. The highest BCUT2D eigenvalue weighted by Gasteiger charge is 2.26. The highest BCUT2D eigenvalue weighted by molar-refractivity contribution is 5.96. The molecule has 1 amide bonds. The fraction of sp³-hybridized carbons (Fsp3) is 0.474. The van der Waals surface area contributed by atoms with Crippen LogP contribution in [0.25, 0.3) is 0 Å². The number of nitrogens with zero attached hydrogens (tertiary/aromatic N) is 4. The van der Waals surface area contributed by atoms with E-state index in [-0.39, 0.29) is 5.91 Å². The number of amides is 1. The first kappa shape index (κ1) is 16.7. The quantitative estimate of drug-likeness (QED) is 0.848. The molecule has 0 saturated carbocycles. The van der Waals surface area contributed by atoms with Gasteiger partial charge in [0.2, 0.25) is 5.91 Å². The Balaban J connectivity index is 1.66. The Hall–Kier alpha value is -2.14. The zero-order valence-corrected chi connectivity index (χ0v) is 14.8. The van der Waals surface area contributed by atoms with E-state index in [1.807, 2.05) is 34.7 Å². The second-order valence-electron chi connectivity index (χ2n) is 6.55. The maximum absolute atomic E-state index is 12.6. The summed E-state index contributed by atoms with van der Waals surface area (Å²) in [6.07, 6.45) is 3.20. The summed E-state index contributed by atoms with van der Waals surface area (Å²) in [4.78, 5) is 16.7. The zero-order valence-electron chi connectivity index (χ0n) is 14.8. The van der Waals surface area contributed by atoms with Gasteiger partial charge in [0.1, 0.15) is 0 Å². The van der Waals surface area contributed by atoms with Gasteiger partial charge >= 0.3 is 0 Å². The number of aryl methyl sites for hydroxylation is 3. The SMILES string of the molecule is CCCn1cc(CN2CCN(c3ccccc3C)C(=O)C2)c(C)n1. The molecule has 0 atom stereocenters. The van der Waals surface area contributed by atoms with Gasteiger partial charge in [-0.25, -0.2) is 0 Å². The lowest BCUT2D eigenvalue weighted by molar-refractivity contribution is -0.121. The summed E-state index contributed by atoms with van der Waals surface area (Å²) in [6, 6.07) is 8.09. The Bertz CT molecular complexity index is 722. The van der Waals surface area contributed by atoms with E-state index >= 15 is 0 Å². The van der Waals surface area contributed by atoms with Crippen LogP contribution in [0.15, 0.2) is 30.5 Å². The van der Waals surface area contributed by atoms with Gasteiger partial charge in [-0.2, -0.15) is 5.10 Å². The molecule has 0 aliphatic carbocycles. The second kappa shape index (κ2) is 7.18. The van der Waals surface area contributed by atoms with Crippen LogP contribution >= 0.6 is 0 Å². The monoisotopic (exact) mass is 326 g/mol. The smallest absolute Gasteiger partial charge is 0.241 e. The molecule has 1 aromatic carbocycles. The van der Waals surface area contributed by atoms with Gasteiger partial charge in [-0.3, -0.25) is 14.4 Å². The van der Waals surface area contributed by atoms with Gasteiger partial charge in [0.15, 0.2) is 0 Å². The van der Waals surface area contributed by atoms with Crippen LogP contribution < -0.4 is 4.90 Å². The molecule has 2 heterocycles. The molecule has 0 N–H and O–H groups in total. The zero-order chi connectivity index (χ0) is 17.1. The van der Waals surface area contributed by atoms with Crippen molar-refractivity contribution in [2.45, 2.75) is 40.3 Å². The largest absolute Gasteiger partial charge is 0.310 e. The predicted octanol–water partition coefficient (Wildman–Crippen LogP) is 2.76. The first-order valence-electron chi connectivity index (χ1n) is 8.69. The summed E-state index contributed by atoms with van der Waals surface area (Å²) >= 11 is 0. The van der Waals surface area contributed by atoms with Crippen LogP contribution in [-0.4, -0.2) is 40.2 Å². The molecule has 5 heteroatoms. The molecule has 0 spiro atoms. The van der Waals surface area contributed by atoms with Crippen LogP contribution in [-0.2, 0) is 17.9 Å². The van der Waals surface area contributed by atoms with Gasteiger partial charge in [0.05, 0.1) is 12.2 Å². The van der Waals surface area contributed by atoms with Crippen LogP contribution in [0.2, 0.25) is 0 Å². The average Bonchev–Trinajstić information content (AvgIpc) is 2.88. The lowest BCUT2D eigenvalue weighted by Gasteiger charge is -2.34. The van der Waals surface area contributed by atoms with Gasteiger partial charge in [0.25, 0.3) is 0 Å². The van der Waals surface area contributed by atoms with Gasteiger partial charge < -0.3 is 4.90 Å². The molecule has 1 fully saturated rings. The highest BCUT2D eigenvalue weighted by Crippen LogP contribution is 2.22. The van der Waals surface area contributed by atoms with E-state index in [1.54, 1.807) is 0 Å². The molecule has 1 aromatic heterocycles. The lowest BCUT2D eigenvalue weighted by atomic mass is 10.1. The van der Waals surface area contributed by atoms with Crippen LogP contribution in [0, 0.1) is 13.8 Å². The number of rotatable bonds is 5. The minimum Gasteiger partial charge on any atom is -0.310 e. The molecule has 1 aliphatic heterocycles. The summed E-state index contributed by atoms with van der Waals surface area (Å²) in [5.41, 5.74) is 4.47. The van der Waals surface area contributed by atoms with E-state index in [2.05, 4.69) is 36.1 Å². The molecule has 2 aromatic rings. The average molecular weight is 326 g/mol. The third kappa shape index (κ3) is 3.51. The molecule has 0 radical (unpaired) electrons. The van der Waals surface area contributed by atoms with Crippen molar-refractivity contribution in [2.75, 3.05) is 24.5 Å². The number of carbonyl (C=O) groups excluding carboxylic acids is 1. The van der Waals surface area contributed by atoms with Crippen molar-refractivity contribution < 1.29 is 4.79 Å². The standard InChI is InChI=1S/C19H26N4O/c1-4-9-22-13-17(16(3)20-22)12-21-10-11-23(19(24)14-21)18-8-6-5-7-15(18)2/h5-8,13H,4,9-12,14H2,1-3H3. The molecule has 5 nitrogen and oxygen atoms in total. The van der Waals surface area contributed by atoms with E-state index in [1.165, 1.54) is 5.56 Å². The number of benzene rings is 1. The Morgan fingerprint density at radius 2 is 1.96 bits per heavy atom. The summed E-state index contributed by atoms with van der Waals surface area (Å²) in [7, 11) is 0. The molecule has 1 aliphatic rings. The molecule has 0 bridgehead atoms. The normalized spacial score (nSPS) is 16.0. The summed E-state index contributed by atoms with van der Waals surface area (Å²) < 4.78 is 2.01. The first-order chi connectivity index (χ1) is 11.6. The van der Waals surface area contributed by atoms with Gasteiger partial charge in [-0.1, -0.05) is 25.1 Å². The minimum atomic E-state index is 0.175. The van der Waals surface area contributed by atoms with Crippen molar-refractivity contribution in [3.63, 3.8) is 0 Å². The third-order valence-corrected chi connectivity index (χ3v) is 4.60. The van der Waals surface area contributed by atoms with Crippen LogP contribution in [0.4, 0.5) is 5.69 Å². The predicted molar refractivity (Wildman–Crippen MR) is 96.1 cm³/mol. The molecule has 128 valence electrons. The number of piperazine rings is 1. The molecular formula is C19H26N4O. The maximum Gasteiger partial charge on any atom is 0.241 e. The van der Waals surface area contributed by atoms with E-state index < -0.39 is 0 Å². The molecule has 24 heavy (non-hydrogen) atoms. The second-order valence-corrected chi connectivity index (χ2v) is 6.55. The van der Waals surface area contributed by atoms with Gasteiger partial charge in [0, 0.05) is 43.6 Å².